The van der Waals surface area contributed by atoms with E-state index >= 15 is 0 Å². The number of hydrogen-bond donors (Lipinski definition) is 0. The van der Waals surface area contributed by atoms with Gasteiger partial charge in [-0.15, -0.1) is 0 Å². The molecule has 0 saturated carbocycles. The van der Waals surface area contributed by atoms with Crippen LogP contribution in [-0.2, 0) is 9.53 Å². The lowest BCUT2D eigenvalue weighted by Gasteiger charge is -2.08. The quantitative estimate of drug-likeness (QED) is 0.447. The molecule has 1 aliphatic heterocycles. The van der Waals surface area contributed by atoms with Crippen LogP contribution in [0.15, 0.2) is 59.2 Å². The molecule has 1 aliphatic rings. The van der Waals surface area contributed by atoms with Crippen molar-refractivity contribution in [2.75, 3.05) is 6.61 Å². The predicted molar refractivity (Wildman–Crippen MR) is 93.9 cm³/mol. The van der Waals surface area contributed by atoms with Crippen molar-refractivity contribution in [2.24, 2.45) is 4.99 Å². The summed E-state index contributed by atoms with van der Waals surface area (Å²) >= 11 is 0. The first kappa shape index (κ1) is 16.9. The summed E-state index contributed by atoms with van der Waals surface area (Å²) in [6, 6.07) is 13.1. The van der Waals surface area contributed by atoms with Crippen molar-refractivity contribution in [3.05, 3.63) is 71.2 Å². The molecule has 2 aromatic rings. The summed E-state index contributed by atoms with van der Waals surface area (Å²) in [4.78, 5) is 16.3. The molecule has 5 heteroatoms. The summed E-state index contributed by atoms with van der Waals surface area (Å²) in [5, 5.41) is 0. The van der Waals surface area contributed by atoms with E-state index < -0.39 is 5.97 Å². The maximum atomic E-state index is 13.0. The number of cyclic esters (lactones) is 1. The Kier molecular flexibility index (Phi) is 5.23. The number of halogens is 1. The standard InChI is InChI=1S/C20H18FNO3/c1-2-3-12-24-18-7-5-4-6-15(18)13-17-20(23)25-19(22-17)14-8-10-16(21)11-9-14/h4-11,13H,2-3,12H2,1H3/b17-13-. The molecule has 0 aliphatic carbocycles. The summed E-state index contributed by atoms with van der Waals surface area (Å²) in [6.07, 6.45) is 3.64. The van der Waals surface area contributed by atoms with E-state index in [1.165, 1.54) is 24.3 Å². The van der Waals surface area contributed by atoms with Gasteiger partial charge in [-0.05, 0) is 42.8 Å². The third-order valence-electron chi connectivity index (χ3n) is 3.68. The Bertz CT molecular complexity index is 825. The minimum Gasteiger partial charge on any atom is -0.493 e. The average Bonchev–Trinajstić information content (AvgIpc) is 2.98. The van der Waals surface area contributed by atoms with E-state index in [-0.39, 0.29) is 17.4 Å². The van der Waals surface area contributed by atoms with Crippen LogP contribution < -0.4 is 4.74 Å². The van der Waals surface area contributed by atoms with E-state index in [2.05, 4.69) is 11.9 Å². The lowest BCUT2D eigenvalue weighted by Crippen LogP contribution is -2.05. The number of unbranched alkanes of at least 4 members (excludes halogenated alkanes) is 1. The second-order valence-corrected chi connectivity index (χ2v) is 5.58. The summed E-state index contributed by atoms with van der Waals surface area (Å²) in [7, 11) is 0. The number of esters is 1. The number of nitrogens with zero attached hydrogens (tertiary/aromatic N) is 1. The molecule has 0 fully saturated rings. The van der Waals surface area contributed by atoms with Crippen molar-refractivity contribution < 1.29 is 18.7 Å². The molecule has 0 unspecified atom stereocenters. The monoisotopic (exact) mass is 339 g/mol. The zero-order chi connectivity index (χ0) is 17.6. The minimum atomic E-state index is -0.539. The summed E-state index contributed by atoms with van der Waals surface area (Å²) in [5.74, 6) is -0.0346. The van der Waals surface area contributed by atoms with Crippen LogP contribution in [0, 0.1) is 5.82 Å². The highest BCUT2D eigenvalue weighted by atomic mass is 19.1. The number of aliphatic imine (C=N–C) groups is 1. The van der Waals surface area contributed by atoms with E-state index in [0.717, 1.165) is 18.4 Å². The highest BCUT2D eigenvalue weighted by molar-refractivity contribution is 6.12. The van der Waals surface area contributed by atoms with Gasteiger partial charge in [-0.2, -0.15) is 0 Å². The van der Waals surface area contributed by atoms with E-state index in [1.54, 1.807) is 6.08 Å². The number of carbonyl (C=O) groups excluding carboxylic acids is 1. The molecule has 0 saturated heterocycles. The van der Waals surface area contributed by atoms with E-state index in [9.17, 15) is 9.18 Å². The molecule has 0 amide bonds. The van der Waals surface area contributed by atoms with Gasteiger partial charge >= 0.3 is 5.97 Å². The van der Waals surface area contributed by atoms with E-state index in [4.69, 9.17) is 9.47 Å². The molecule has 0 atom stereocenters. The minimum absolute atomic E-state index is 0.167. The van der Waals surface area contributed by atoms with Crippen LogP contribution in [0.5, 0.6) is 5.75 Å². The van der Waals surface area contributed by atoms with Gasteiger partial charge in [0.05, 0.1) is 6.61 Å². The Labute approximate surface area is 145 Å². The van der Waals surface area contributed by atoms with Crippen molar-refractivity contribution in [1.29, 1.82) is 0 Å². The van der Waals surface area contributed by atoms with Crippen LogP contribution in [0.3, 0.4) is 0 Å². The van der Waals surface area contributed by atoms with Crippen LogP contribution in [0.2, 0.25) is 0 Å². The van der Waals surface area contributed by atoms with Gasteiger partial charge in [0.1, 0.15) is 11.6 Å². The fourth-order valence-corrected chi connectivity index (χ4v) is 2.33. The Hall–Kier alpha value is -2.95. The van der Waals surface area contributed by atoms with Crippen LogP contribution in [0.4, 0.5) is 4.39 Å². The SMILES string of the molecule is CCCCOc1ccccc1/C=C1\N=C(c2ccc(F)cc2)OC1=O. The maximum absolute atomic E-state index is 13.0. The second-order valence-electron chi connectivity index (χ2n) is 5.58. The fourth-order valence-electron chi connectivity index (χ4n) is 2.33. The molecule has 1 heterocycles. The van der Waals surface area contributed by atoms with Crippen molar-refractivity contribution >= 4 is 17.9 Å². The highest BCUT2D eigenvalue weighted by Crippen LogP contribution is 2.25. The van der Waals surface area contributed by atoms with Gasteiger partial charge in [0, 0.05) is 11.1 Å². The van der Waals surface area contributed by atoms with Gasteiger partial charge in [-0.1, -0.05) is 31.5 Å². The number of carbonyl (C=O) groups is 1. The molecule has 128 valence electrons. The Balaban J connectivity index is 1.86. The number of rotatable bonds is 6. The number of benzene rings is 2. The molecule has 4 nitrogen and oxygen atoms in total. The number of ether oxygens (including phenoxy) is 2. The molecule has 3 rings (SSSR count). The van der Waals surface area contributed by atoms with Gasteiger partial charge < -0.3 is 9.47 Å². The zero-order valence-corrected chi connectivity index (χ0v) is 13.9. The first-order valence-electron chi connectivity index (χ1n) is 8.17. The Morgan fingerprint density at radius 1 is 1.16 bits per heavy atom. The molecule has 0 radical (unpaired) electrons. The van der Waals surface area contributed by atoms with E-state index in [0.29, 0.717) is 17.9 Å². The predicted octanol–water partition coefficient (Wildman–Crippen LogP) is 4.35. The number of para-hydroxylation sites is 1. The summed E-state index contributed by atoms with van der Waals surface area (Å²) in [5.41, 5.74) is 1.49. The third kappa shape index (κ3) is 4.12. The van der Waals surface area contributed by atoms with Crippen molar-refractivity contribution in [2.45, 2.75) is 19.8 Å². The van der Waals surface area contributed by atoms with Gasteiger partial charge in [0.2, 0.25) is 5.90 Å². The topological polar surface area (TPSA) is 47.9 Å². The third-order valence-corrected chi connectivity index (χ3v) is 3.68. The zero-order valence-electron chi connectivity index (χ0n) is 13.9. The molecule has 2 aromatic carbocycles. The fraction of sp³-hybridized carbons (Fsp3) is 0.200. The van der Waals surface area contributed by atoms with Crippen LogP contribution in [-0.4, -0.2) is 18.5 Å². The normalized spacial score (nSPS) is 15.2. The molecule has 0 bridgehead atoms. The van der Waals surface area contributed by atoms with Gasteiger partial charge in [0.25, 0.3) is 0 Å². The van der Waals surface area contributed by atoms with Gasteiger partial charge in [-0.25, -0.2) is 14.2 Å². The Morgan fingerprint density at radius 2 is 1.92 bits per heavy atom. The summed E-state index contributed by atoms with van der Waals surface area (Å²) < 4.78 is 24.0. The van der Waals surface area contributed by atoms with Crippen LogP contribution >= 0.6 is 0 Å². The first-order valence-corrected chi connectivity index (χ1v) is 8.17. The van der Waals surface area contributed by atoms with Crippen molar-refractivity contribution in [3.63, 3.8) is 0 Å². The molecule has 0 aromatic heterocycles. The largest absolute Gasteiger partial charge is 0.493 e. The smallest absolute Gasteiger partial charge is 0.363 e. The van der Waals surface area contributed by atoms with Crippen LogP contribution in [0.1, 0.15) is 30.9 Å². The van der Waals surface area contributed by atoms with Crippen molar-refractivity contribution in [3.8, 4) is 5.75 Å². The molecule has 25 heavy (non-hydrogen) atoms. The first-order chi connectivity index (χ1) is 12.2. The van der Waals surface area contributed by atoms with Crippen molar-refractivity contribution in [1.82, 2.24) is 0 Å². The summed E-state index contributed by atoms with van der Waals surface area (Å²) in [6.45, 7) is 2.71. The second kappa shape index (κ2) is 7.75. The maximum Gasteiger partial charge on any atom is 0.363 e. The van der Waals surface area contributed by atoms with Gasteiger partial charge in [-0.3, -0.25) is 0 Å². The lowest BCUT2D eigenvalue weighted by molar-refractivity contribution is -0.129. The lowest BCUT2D eigenvalue weighted by atomic mass is 10.1. The van der Waals surface area contributed by atoms with E-state index in [1.807, 2.05) is 24.3 Å². The average molecular weight is 339 g/mol. The van der Waals surface area contributed by atoms with Gasteiger partial charge in [0.15, 0.2) is 5.70 Å². The highest BCUT2D eigenvalue weighted by Gasteiger charge is 2.24. The number of hydrogen-bond acceptors (Lipinski definition) is 4. The van der Waals surface area contributed by atoms with Crippen LogP contribution in [0.25, 0.3) is 6.08 Å². The molecule has 0 spiro atoms. The molecular weight excluding hydrogens is 321 g/mol. The Morgan fingerprint density at radius 3 is 2.68 bits per heavy atom. The molecular formula is C20H18FNO3. The molecule has 0 N–H and O–H groups in total.